The monoisotopic (exact) mass is 336 g/mol. The summed E-state index contributed by atoms with van der Waals surface area (Å²) in [6.45, 7) is 0. The van der Waals surface area contributed by atoms with Crippen LogP contribution in [-0.4, -0.2) is 19.4 Å². The predicted octanol–water partition coefficient (Wildman–Crippen LogP) is 2.32. The van der Waals surface area contributed by atoms with Crippen LogP contribution in [0, 0.1) is 0 Å². The fraction of sp³-hybridized carbons (Fsp3) is 0. The van der Waals surface area contributed by atoms with E-state index < -0.39 is 0 Å². The number of nitrogens with zero attached hydrogens (tertiary/aromatic N) is 4. The minimum atomic E-state index is 0.574. The molecule has 0 aliphatic heterocycles. The number of hydrogen-bond acceptors (Lipinski definition) is 6. The van der Waals surface area contributed by atoms with Gasteiger partial charge in [0.25, 0.3) is 0 Å². The van der Waals surface area contributed by atoms with Crippen molar-refractivity contribution in [2.75, 3.05) is 5.43 Å². The van der Waals surface area contributed by atoms with Crippen molar-refractivity contribution in [3.63, 3.8) is 0 Å². The second kappa shape index (κ2) is 5.16. The fourth-order valence-electron chi connectivity index (χ4n) is 1.56. The highest BCUT2D eigenvalue weighted by Crippen LogP contribution is 2.28. The third kappa shape index (κ3) is 2.55. The molecule has 0 spiro atoms. The molecule has 0 saturated heterocycles. The van der Waals surface area contributed by atoms with E-state index in [1.54, 1.807) is 18.6 Å². The van der Waals surface area contributed by atoms with Gasteiger partial charge in [-0.05, 0) is 39.8 Å². The molecule has 8 heteroatoms. The van der Waals surface area contributed by atoms with Crippen molar-refractivity contribution in [3.05, 3.63) is 41.4 Å². The van der Waals surface area contributed by atoms with E-state index in [1.807, 2.05) is 22.7 Å². The lowest BCUT2D eigenvalue weighted by atomic mass is 10.5. The number of nitrogens with two attached hydrogens (primary N) is 1. The molecule has 0 aliphatic carbocycles. The second-order valence-electron chi connectivity index (χ2n) is 3.65. The quantitative estimate of drug-likeness (QED) is 0.564. The molecular weight excluding hydrogens is 328 g/mol. The van der Waals surface area contributed by atoms with E-state index in [4.69, 9.17) is 5.84 Å². The molecule has 0 atom stereocenters. The molecule has 0 fully saturated rings. The van der Waals surface area contributed by atoms with Gasteiger partial charge in [-0.2, -0.15) is 0 Å². The van der Waals surface area contributed by atoms with Gasteiger partial charge in [0.1, 0.15) is 10.1 Å². The standard InChI is InChI=1S/C11H9BrN6S/c12-7-1-2-9(15-5-7)19-11-10-14-3-4-18(10)6-8(16-11)17-13/h1-6,17H,13H2. The smallest absolute Gasteiger partial charge is 0.170 e. The number of anilines is 1. The Morgan fingerprint density at radius 3 is 2.95 bits per heavy atom. The SMILES string of the molecule is NNc1cn2ccnc2c(Sc2ccc(Br)cn2)n1. The molecule has 6 nitrogen and oxygen atoms in total. The van der Waals surface area contributed by atoms with Gasteiger partial charge in [-0.1, -0.05) is 0 Å². The molecule has 3 heterocycles. The number of imidazole rings is 1. The Bertz CT molecular complexity index is 711. The zero-order valence-electron chi connectivity index (χ0n) is 9.62. The molecule has 3 aromatic heterocycles. The minimum Gasteiger partial charge on any atom is -0.307 e. The van der Waals surface area contributed by atoms with Crippen LogP contribution in [0.2, 0.25) is 0 Å². The molecule has 3 aromatic rings. The van der Waals surface area contributed by atoms with Crippen molar-refractivity contribution in [1.82, 2.24) is 19.4 Å². The molecule has 0 saturated carbocycles. The number of pyridine rings is 1. The average molecular weight is 337 g/mol. The summed E-state index contributed by atoms with van der Waals surface area (Å²) in [5, 5.41) is 1.59. The zero-order valence-corrected chi connectivity index (χ0v) is 12.0. The molecule has 0 amide bonds. The molecule has 19 heavy (non-hydrogen) atoms. The Kier molecular flexibility index (Phi) is 3.36. The van der Waals surface area contributed by atoms with Crippen LogP contribution in [0.25, 0.3) is 5.65 Å². The van der Waals surface area contributed by atoms with E-state index in [-0.39, 0.29) is 0 Å². The van der Waals surface area contributed by atoms with Gasteiger partial charge in [0, 0.05) is 23.1 Å². The predicted molar refractivity (Wildman–Crippen MR) is 76.9 cm³/mol. The number of fused-ring (bicyclic) bond motifs is 1. The summed E-state index contributed by atoms with van der Waals surface area (Å²) in [5.41, 5.74) is 3.32. The molecule has 3 rings (SSSR count). The van der Waals surface area contributed by atoms with E-state index in [2.05, 4.69) is 36.3 Å². The summed E-state index contributed by atoms with van der Waals surface area (Å²) < 4.78 is 2.80. The number of rotatable bonds is 3. The summed E-state index contributed by atoms with van der Waals surface area (Å²) in [6.07, 6.45) is 7.09. The Labute approximate surface area is 121 Å². The van der Waals surface area contributed by atoms with E-state index in [0.29, 0.717) is 5.82 Å². The number of halogens is 1. The molecule has 3 N–H and O–H groups in total. The van der Waals surface area contributed by atoms with Crippen LogP contribution >= 0.6 is 27.7 Å². The first-order valence-corrected chi connectivity index (χ1v) is 6.97. The highest BCUT2D eigenvalue weighted by atomic mass is 79.9. The minimum absolute atomic E-state index is 0.574. The molecular formula is C11H9BrN6S. The molecule has 0 radical (unpaired) electrons. The van der Waals surface area contributed by atoms with Crippen molar-refractivity contribution in [1.29, 1.82) is 0 Å². The Hall–Kier alpha value is -1.64. The number of nitrogen functional groups attached to an aromatic ring is 1. The summed E-state index contributed by atoms with van der Waals surface area (Å²) >= 11 is 4.79. The second-order valence-corrected chi connectivity index (χ2v) is 5.58. The molecule has 0 bridgehead atoms. The average Bonchev–Trinajstić information content (AvgIpc) is 2.89. The lowest BCUT2D eigenvalue weighted by molar-refractivity contribution is 1.02. The van der Waals surface area contributed by atoms with Crippen molar-refractivity contribution >= 4 is 39.2 Å². The number of hydrogen-bond donors (Lipinski definition) is 2. The topological polar surface area (TPSA) is 81.1 Å². The lowest BCUT2D eigenvalue weighted by Crippen LogP contribution is -2.10. The van der Waals surface area contributed by atoms with Gasteiger partial charge < -0.3 is 9.83 Å². The van der Waals surface area contributed by atoms with Gasteiger partial charge in [-0.25, -0.2) is 20.8 Å². The molecule has 0 aliphatic rings. The van der Waals surface area contributed by atoms with E-state index in [9.17, 15) is 0 Å². The normalized spacial score (nSPS) is 10.8. The van der Waals surface area contributed by atoms with Gasteiger partial charge in [0.05, 0.1) is 6.20 Å². The summed E-state index contributed by atoms with van der Waals surface area (Å²) in [7, 11) is 0. The number of nitrogens with one attached hydrogen (secondary N) is 1. The fourth-order valence-corrected chi connectivity index (χ4v) is 2.63. The van der Waals surface area contributed by atoms with Crippen LogP contribution < -0.4 is 11.3 Å². The van der Waals surface area contributed by atoms with Crippen LogP contribution in [0.15, 0.2) is 51.4 Å². The Morgan fingerprint density at radius 1 is 1.32 bits per heavy atom. The molecule has 0 aromatic carbocycles. The highest BCUT2D eigenvalue weighted by molar-refractivity contribution is 9.10. The van der Waals surface area contributed by atoms with Crippen molar-refractivity contribution in [3.8, 4) is 0 Å². The summed E-state index contributed by atoms with van der Waals surface area (Å²) in [4.78, 5) is 13.0. The zero-order chi connectivity index (χ0) is 13.2. The van der Waals surface area contributed by atoms with Gasteiger partial charge in [0.15, 0.2) is 11.5 Å². The maximum Gasteiger partial charge on any atom is 0.170 e. The number of aromatic nitrogens is 4. The highest BCUT2D eigenvalue weighted by Gasteiger charge is 2.09. The molecule has 96 valence electrons. The van der Waals surface area contributed by atoms with Gasteiger partial charge in [-0.15, -0.1) is 0 Å². The van der Waals surface area contributed by atoms with Crippen molar-refractivity contribution in [2.24, 2.45) is 5.84 Å². The van der Waals surface area contributed by atoms with E-state index in [0.717, 1.165) is 20.2 Å². The van der Waals surface area contributed by atoms with Crippen LogP contribution in [0.3, 0.4) is 0 Å². The Morgan fingerprint density at radius 2 is 2.21 bits per heavy atom. The van der Waals surface area contributed by atoms with E-state index in [1.165, 1.54) is 11.8 Å². The van der Waals surface area contributed by atoms with Crippen LogP contribution in [-0.2, 0) is 0 Å². The van der Waals surface area contributed by atoms with Gasteiger partial charge in [0.2, 0.25) is 0 Å². The molecule has 0 unspecified atom stereocenters. The van der Waals surface area contributed by atoms with Gasteiger partial charge in [-0.3, -0.25) is 0 Å². The maximum absolute atomic E-state index is 5.41. The first-order chi connectivity index (χ1) is 9.26. The lowest BCUT2D eigenvalue weighted by Gasteiger charge is -2.06. The third-order valence-corrected chi connectivity index (χ3v) is 3.78. The van der Waals surface area contributed by atoms with Crippen molar-refractivity contribution < 1.29 is 0 Å². The first kappa shape index (κ1) is 12.4. The summed E-state index contributed by atoms with van der Waals surface area (Å²) in [6, 6.07) is 3.85. The number of hydrazine groups is 1. The first-order valence-electron chi connectivity index (χ1n) is 5.36. The van der Waals surface area contributed by atoms with Gasteiger partial charge >= 0.3 is 0 Å². The van der Waals surface area contributed by atoms with E-state index >= 15 is 0 Å². The third-order valence-electron chi connectivity index (χ3n) is 2.39. The van der Waals surface area contributed by atoms with Crippen molar-refractivity contribution in [2.45, 2.75) is 10.1 Å². The van der Waals surface area contributed by atoms with Crippen LogP contribution in [0.1, 0.15) is 0 Å². The summed E-state index contributed by atoms with van der Waals surface area (Å²) in [5.74, 6) is 5.99. The van der Waals surface area contributed by atoms with Crippen LogP contribution in [0.4, 0.5) is 5.82 Å². The van der Waals surface area contributed by atoms with Crippen LogP contribution in [0.5, 0.6) is 0 Å². The Balaban J connectivity index is 2.03. The maximum atomic E-state index is 5.41. The largest absolute Gasteiger partial charge is 0.307 e.